The number of hydrogen-bond acceptors (Lipinski definition) is 0. The third kappa shape index (κ3) is 10.7. The van der Waals surface area contributed by atoms with E-state index in [2.05, 4.69) is 97.9 Å². The fourth-order valence-corrected chi connectivity index (χ4v) is 4.77. The van der Waals surface area contributed by atoms with Crippen LogP contribution in [0.15, 0.2) is 91.0 Å². The Kier molecular flexibility index (Phi) is 15.5. The van der Waals surface area contributed by atoms with Gasteiger partial charge in [0.05, 0.1) is 0 Å². The van der Waals surface area contributed by atoms with E-state index in [1.165, 1.54) is 29.8 Å². The van der Waals surface area contributed by atoms with Crippen molar-refractivity contribution in [3.63, 3.8) is 0 Å². The van der Waals surface area contributed by atoms with E-state index >= 15 is 0 Å². The van der Waals surface area contributed by atoms with Crippen molar-refractivity contribution in [2.45, 2.75) is 20.8 Å². The van der Waals surface area contributed by atoms with Gasteiger partial charge in [0.1, 0.15) is 12.2 Å². The zero-order chi connectivity index (χ0) is 20.8. The quantitative estimate of drug-likeness (QED) is 0.283. The van der Waals surface area contributed by atoms with Gasteiger partial charge in [0.25, 0.3) is 0 Å². The van der Waals surface area contributed by atoms with E-state index in [0.29, 0.717) is 0 Å². The molecular weight excluding hydrogens is 422 g/mol. The maximum Gasteiger partial charge on any atom is 2.00 e. The molecule has 29 heavy (non-hydrogen) atoms. The molecule has 153 valence electrons. The Bertz CT molecular complexity index is 635. The Balaban J connectivity index is 0.000000675. The van der Waals surface area contributed by atoms with E-state index in [-0.39, 0.29) is 28.7 Å². The Morgan fingerprint density at radius 1 is 0.621 bits per heavy atom. The molecule has 0 saturated carbocycles. The van der Waals surface area contributed by atoms with E-state index in [1.54, 1.807) is 6.92 Å². The molecule has 0 aliphatic rings. The molecule has 0 atom stereocenters. The summed E-state index contributed by atoms with van der Waals surface area (Å²) in [6.07, 6.45) is 0.681. The number of hydrogen-bond donors (Lipinski definition) is 0. The third-order valence-corrected chi connectivity index (χ3v) is 5.89. The third-order valence-electron chi connectivity index (χ3n) is 3.45. The first kappa shape index (κ1) is 27.5. The van der Waals surface area contributed by atoms with Crippen LogP contribution in [0.1, 0.15) is 20.8 Å². The standard InChI is InChI=1S/C18H15P.C5H7O2.C2H5.Ni/c1-4-10-16(11-5-1)19(17-12-6-2-7-13-17)18-14-8-3-9-15-18;1-4(6)3-5(2)7;1-2;/h1-15H;3H,1-2H3;1H2,2H3;/q;;-1;+2. The van der Waals surface area contributed by atoms with Gasteiger partial charge in [-0.05, 0) is 37.7 Å². The molecule has 2 nitrogen and oxygen atoms in total. The summed E-state index contributed by atoms with van der Waals surface area (Å²) >= 11 is 0. The van der Waals surface area contributed by atoms with Crippen LogP contribution in [0.2, 0.25) is 0 Å². The van der Waals surface area contributed by atoms with Crippen molar-refractivity contribution in [3.05, 3.63) is 117 Å². The second-order valence-corrected chi connectivity index (χ2v) is 7.93. The number of rotatable bonds is 5. The van der Waals surface area contributed by atoms with E-state index in [4.69, 9.17) is 0 Å². The van der Waals surface area contributed by atoms with Gasteiger partial charge in [-0.2, -0.15) is 6.92 Å². The monoisotopic (exact) mass is 448 g/mol. The molecule has 0 spiro atoms. The first-order valence-electron chi connectivity index (χ1n) is 9.10. The second-order valence-electron chi connectivity index (χ2n) is 5.71. The molecule has 0 unspecified atom stereocenters. The Morgan fingerprint density at radius 2 is 0.862 bits per heavy atom. The molecule has 0 amide bonds. The first-order valence-corrected chi connectivity index (χ1v) is 10.4. The fourth-order valence-electron chi connectivity index (χ4n) is 2.46. The molecule has 3 rings (SSSR count). The fraction of sp³-hybridized carbons (Fsp3) is 0.120. The molecule has 3 aromatic rings. The summed E-state index contributed by atoms with van der Waals surface area (Å²) in [6, 6.07) is 32.3. The predicted molar refractivity (Wildman–Crippen MR) is 120 cm³/mol. The van der Waals surface area contributed by atoms with Crippen LogP contribution in [-0.2, 0) is 26.7 Å². The Labute approximate surface area is 187 Å². The van der Waals surface area contributed by atoms with Gasteiger partial charge in [0.2, 0.25) is 0 Å². The Hall–Kier alpha value is -1.50. The van der Waals surface area contributed by atoms with Gasteiger partial charge >= 0.3 is 16.5 Å². The minimum Gasteiger partial charge on any atom is -0.346 e. The van der Waals surface area contributed by atoms with Gasteiger partial charge in [0.15, 0.2) is 0 Å². The minimum absolute atomic E-state index is 0. The van der Waals surface area contributed by atoms with Crippen molar-refractivity contribution in [2.75, 3.05) is 0 Å². The topological polar surface area (TPSA) is 39.8 Å². The van der Waals surface area contributed by atoms with Crippen molar-refractivity contribution >= 4 is 23.8 Å². The largest absolute Gasteiger partial charge is 2.00 e. The van der Waals surface area contributed by atoms with Gasteiger partial charge in [-0.15, -0.1) is 0 Å². The summed E-state index contributed by atoms with van der Waals surface area (Å²) in [6.45, 7) is 7.70. The van der Waals surface area contributed by atoms with Crippen LogP contribution in [0, 0.1) is 25.6 Å². The molecule has 0 aliphatic carbocycles. The molecule has 0 aliphatic heterocycles. The minimum atomic E-state index is -0.446. The Morgan fingerprint density at radius 3 is 1.03 bits per heavy atom. The van der Waals surface area contributed by atoms with Crippen LogP contribution in [0.25, 0.3) is 0 Å². The smallest absolute Gasteiger partial charge is 0.346 e. The average molecular weight is 449 g/mol. The van der Waals surface area contributed by atoms with Gasteiger partial charge in [-0.1, -0.05) is 91.0 Å². The predicted octanol–water partition coefficient (Wildman–Crippen LogP) is 5.44. The molecule has 3 aromatic carbocycles. The van der Waals surface area contributed by atoms with Crippen molar-refractivity contribution in [2.24, 2.45) is 0 Å². The van der Waals surface area contributed by atoms with E-state index in [0.717, 1.165) is 6.42 Å². The van der Waals surface area contributed by atoms with Crippen molar-refractivity contribution in [1.29, 1.82) is 0 Å². The molecule has 0 bridgehead atoms. The van der Waals surface area contributed by atoms with Crippen molar-refractivity contribution < 1.29 is 26.7 Å². The summed E-state index contributed by atoms with van der Waals surface area (Å²) in [4.78, 5) is 0. The van der Waals surface area contributed by atoms with Gasteiger partial charge in [0, 0.05) is 6.42 Å². The van der Waals surface area contributed by atoms with Crippen LogP contribution < -0.4 is 15.9 Å². The molecule has 4 heteroatoms. The summed E-state index contributed by atoms with van der Waals surface area (Å²) in [5.74, 6) is 0. The second kappa shape index (κ2) is 16.3. The summed E-state index contributed by atoms with van der Waals surface area (Å²) in [5, 5.41) is 24.1. The SMILES string of the molecule is C[C]([O])[CH][C](C)[O].[CH2-]C.[Ni+2].c1ccc(P(c2ccccc2)c2ccccc2)cc1. The first-order chi connectivity index (χ1) is 13.6. The van der Waals surface area contributed by atoms with Crippen molar-refractivity contribution in [1.82, 2.24) is 0 Å². The van der Waals surface area contributed by atoms with Crippen LogP contribution in [0.3, 0.4) is 0 Å². The maximum atomic E-state index is 9.98. The van der Waals surface area contributed by atoms with Gasteiger partial charge in [-0.25, -0.2) is 10.2 Å². The maximum absolute atomic E-state index is 9.98. The van der Waals surface area contributed by atoms with Gasteiger partial charge in [-0.3, -0.25) is 0 Å². The average Bonchev–Trinajstić information content (AvgIpc) is 2.72. The molecule has 0 aromatic heterocycles. The molecule has 0 fully saturated rings. The van der Waals surface area contributed by atoms with Crippen LogP contribution in [0.5, 0.6) is 0 Å². The normalized spacial score (nSPS) is 9.83. The zero-order valence-electron chi connectivity index (χ0n) is 17.0. The van der Waals surface area contributed by atoms with E-state index in [9.17, 15) is 10.2 Å². The molecule has 5 radical (unpaired) electrons. The summed E-state index contributed by atoms with van der Waals surface area (Å²) < 4.78 is 0. The summed E-state index contributed by atoms with van der Waals surface area (Å²) in [5.41, 5.74) is 0. The van der Waals surface area contributed by atoms with Gasteiger partial charge < -0.3 is 6.92 Å². The van der Waals surface area contributed by atoms with Crippen LogP contribution in [-0.4, -0.2) is 0 Å². The van der Waals surface area contributed by atoms with E-state index in [1.807, 2.05) is 0 Å². The molecule has 0 N–H and O–H groups in total. The molecular formula is C25H27NiO2P+. The molecule has 0 heterocycles. The van der Waals surface area contributed by atoms with Crippen molar-refractivity contribution in [3.8, 4) is 0 Å². The molecule has 0 saturated heterocycles. The zero-order valence-corrected chi connectivity index (χ0v) is 18.9. The summed E-state index contributed by atoms with van der Waals surface area (Å²) in [7, 11) is -0.446. The number of benzene rings is 3. The van der Waals surface area contributed by atoms with E-state index < -0.39 is 7.92 Å². The van der Waals surface area contributed by atoms with Crippen LogP contribution in [0.4, 0.5) is 0 Å². The van der Waals surface area contributed by atoms with Crippen LogP contribution >= 0.6 is 7.92 Å².